The lowest BCUT2D eigenvalue weighted by molar-refractivity contribution is -0.118. The maximum absolute atomic E-state index is 12.0. The first kappa shape index (κ1) is 17.7. The molecule has 0 unspecified atom stereocenters. The van der Waals surface area contributed by atoms with Crippen LogP contribution in [0.25, 0.3) is 0 Å². The molecule has 4 nitrogen and oxygen atoms in total. The number of anilines is 1. The zero-order valence-electron chi connectivity index (χ0n) is 14.6. The molecule has 0 fully saturated rings. The summed E-state index contributed by atoms with van der Waals surface area (Å²) in [4.78, 5) is 23.2. The third-order valence-electron chi connectivity index (χ3n) is 3.81. The number of carbonyl (C=O) groups excluding carboxylic acids is 2. The van der Waals surface area contributed by atoms with E-state index in [9.17, 15) is 9.59 Å². The number of hydrogen-bond acceptors (Lipinski definition) is 3. The van der Waals surface area contributed by atoms with Crippen LogP contribution in [0.15, 0.2) is 42.5 Å². The highest BCUT2D eigenvalue weighted by atomic mass is 16.5. The molecule has 0 heterocycles. The van der Waals surface area contributed by atoms with Crippen molar-refractivity contribution in [3.63, 3.8) is 0 Å². The number of carbonyl (C=O) groups is 2. The molecule has 0 atom stereocenters. The van der Waals surface area contributed by atoms with E-state index in [1.165, 1.54) is 12.5 Å². The Morgan fingerprint density at radius 3 is 2.29 bits per heavy atom. The molecule has 0 spiro atoms. The van der Waals surface area contributed by atoms with E-state index in [1.54, 1.807) is 24.3 Å². The van der Waals surface area contributed by atoms with Gasteiger partial charge < -0.3 is 10.1 Å². The number of aryl methyl sites for hydroxylation is 1. The molecule has 4 heteroatoms. The number of ketones is 1. The number of Topliss-reactive ketones (excluding diaryl/α,β-unsaturated/α-hetero) is 1. The smallest absolute Gasteiger partial charge is 0.262 e. The van der Waals surface area contributed by atoms with E-state index in [-0.39, 0.29) is 18.3 Å². The summed E-state index contributed by atoms with van der Waals surface area (Å²) in [7, 11) is 0. The molecular weight excluding hydrogens is 302 g/mol. The molecule has 0 aromatic heterocycles. The Morgan fingerprint density at radius 1 is 1.08 bits per heavy atom. The summed E-state index contributed by atoms with van der Waals surface area (Å²) in [6.45, 7) is 7.78. The van der Waals surface area contributed by atoms with Crippen LogP contribution in [0.1, 0.15) is 48.2 Å². The first-order chi connectivity index (χ1) is 11.4. The molecule has 2 rings (SSSR count). The second kappa shape index (κ2) is 7.77. The highest BCUT2D eigenvalue weighted by Crippen LogP contribution is 2.23. The minimum absolute atomic E-state index is 0.00331. The summed E-state index contributed by atoms with van der Waals surface area (Å²) in [6.07, 6.45) is 0. The lowest BCUT2D eigenvalue weighted by Gasteiger charge is -2.12. The van der Waals surface area contributed by atoms with E-state index in [2.05, 4.69) is 19.2 Å². The van der Waals surface area contributed by atoms with Gasteiger partial charge in [-0.25, -0.2) is 0 Å². The second-order valence-corrected chi connectivity index (χ2v) is 6.14. The van der Waals surface area contributed by atoms with Gasteiger partial charge >= 0.3 is 0 Å². The lowest BCUT2D eigenvalue weighted by Crippen LogP contribution is -2.20. The average Bonchev–Trinajstić information content (AvgIpc) is 2.53. The minimum Gasteiger partial charge on any atom is -0.484 e. The predicted octanol–water partition coefficient (Wildman–Crippen LogP) is 4.34. The summed E-state index contributed by atoms with van der Waals surface area (Å²) in [5.41, 5.74) is 3.69. The van der Waals surface area contributed by atoms with Crippen molar-refractivity contribution in [1.82, 2.24) is 0 Å². The zero-order valence-corrected chi connectivity index (χ0v) is 14.6. The first-order valence-corrected chi connectivity index (χ1v) is 8.01. The van der Waals surface area contributed by atoms with Crippen molar-refractivity contribution in [3.05, 3.63) is 59.2 Å². The van der Waals surface area contributed by atoms with Gasteiger partial charge in [0, 0.05) is 11.3 Å². The normalized spacial score (nSPS) is 10.5. The van der Waals surface area contributed by atoms with Gasteiger partial charge in [0.05, 0.1) is 0 Å². The van der Waals surface area contributed by atoms with Crippen LogP contribution in [0.4, 0.5) is 5.69 Å². The van der Waals surface area contributed by atoms with Crippen LogP contribution < -0.4 is 10.1 Å². The molecular formula is C20H23NO3. The van der Waals surface area contributed by atoms with E-state index in [4.69, 9.17) is 4.74 Å². The van der Waals surface area contributed by atoms with Gasteiger partial charge in [0.2, 0.25) is 0 Å². The number of hydrogen-bond donors (Lipinski definition) is 1. The summed E-state index contributed by atoms with van der Waals surface area (Å²) in [5, 5.41) is 2.75. The molecule has 0 saturated heterocycles. The largest absolute Gasteiger partial charge is 0.484 e. The van der Waals surface area contributed by atoms with Gasteiger partial charge in [0.15, 0.2) is 12.4 Å². The maximum Gasteiger partial charge on any atom is 0.262 e. The van der Waals surface area contributed by atoms with E-state index in [1.807, 2.05) is 25.1 Å². The van der Waals surface area contributed by atoms with Gasteiger partial charge in [-0.15, -0.1) is 0 Å². The number of rotatable bonds is 6. The average molecular weight is 325 g/mol. The molecule has 1 N–H and O–H groups in total. The van der Waals surface area contributed by atoms with E-state index in [0.29, 0.717) is 22.9 Å². The van der Waals surface area contributed by atoms with Crippen molar-refractivity contribution in [2.24, 2.45) is 0 Å². The van der Waals surface area contributed by atoms with Crippen molar-refractivity contribution in [2.75, 3.05) is 11.9 Å². The van der Waals surface area contributed by atoms with E-state index >= 15 is 0 Å². The molecule has 24 heavy (non-hydrogen) atoms. The van der Waals surface area contributed by atoms with Crippen LogP contribution in [0, 0.1) is 6.92 Å². The number of ether oxygens (including phenoxy) is 1. The molecule has 0 radical (unpaired) electrons. The Bertz CT molecular complexity index is 733. The molecule has 0 aliphatic carbocycles. The summed E-state index contributed by atoms with van der Waals surface area (Å²) in [6, 6.07) is 12.7. The van der Waals surface area contributed by atoms with Crippen molar-refractivity contribution in [2.45, 2.75) is 33.6 Å². The summed E-state index contributed by atoms with van der Waals surface area (Å²) >= 11 is 0. The van der Waals surface area contributed by atoms with E-state index in [0.717, 1.165) is 5.56 Å². The van der Waals surface area contributed by atoms with Gasteiger partial charge in [-0.1, -0.05) is 19.9 Å². The highest BCUT2D eigenvalue weighted by molar-refractivity contribution is 5.95. The fourth-order valence-corrected chi connectivity index (χ4v) is 2.52. The minimum atomic E-state index is -0.240. The van der Waals surface area contributed by atoms with Gasteiger partial charge in [-0.2, -0.15) is 0 Å². The Hall–Kier alpha value is -2.62. The Kier molecular flexibility index (Phi) is 5.74. The summed E-state index contributed by atoms with van der Waals surface area (Å²) < 4.78 is 5.55. The van der Waals surface area contributed by atoms with Crippen molar-refractivity contribution >= 4 is 17.4 Å². The standard InChI is InChI=1S/C20H23NO3/c1-13(2)19-10-9-18(11-14(19)3)24-12-20(23)21-17-7-5-16(6-8-17)15(4)22/h5-11,13H,12H2,1-4H3,(H,21,23). The number of amides is 1. The van der Waals surface area contributed by atoms with Gasteiger partial charge in [0.1, 0.15) is 5.75 Å². The van der Waals surface area contributed by atoms with Crippen LogP contribution in [0.5, 0.6) is 5.75 Å². The maximum atomic E-state index is 12.0. The SMILES string of the molecule is CC(=O)c1ccc(NC(=O)COc2ccc(C(C)C)c(C)c2)cc1. The van der Waals surface area contributed by atoms with Crippen molar-refractivity contribution in [3.8, 4) is 5.75 Å². The Balaban J connectivity index is 1.91. The van der Waals surface area contributed by atoms with Crippen LogP contribution in [-0.2, 0) is 4.79 Å². The zero-order chi connectivity index (χ0) is 17.7. The van der Waals surface area contributed by atoms with Crippen molar-refractivity contribution in [1.29, 1.82) is 0 Å². The fourth-order valence-electron chi connectivity index (χ4n) is 2.52. The predicted molar refractivity (Wildman–Crippen MR) is 95.8 cm³/mol. The van der Waals surface area contributed by atoms with Gasteiger partial charge in [0.25, 0.3) is 5.91 Å². The molecule has 0 aliphatic rings. The highest BCUT2D eigenvalue weighted by Gasteiger charge is 2.07. The van der Waals surface area contributed by atoms with Crippen LogP contribution >= 0.6 is 0 Å². The molecule has 2 aromatic carbocycles. The van der Waals surface area contributed by atoms with E-state index < -0.39 is 0 Å². The first-order valence-electron chi connectivity index (χ1n) is 8.01. The van der Waals surface area contributed by atoms with Crippen molar-refractivity contribution < 1.29 is 14.3 Å². The Morgan fingerprint density at radius 2 is 1.75 bits per heavy atom. The quantitative estimate of drug-likeness (QED) is 0.804. The molecule has 126 valence electrons. The molecule has 2 aromatic rings. The number of nitrogens with one attached hydrogen (secondary N) is 1. The third kappa shape index (κ3) is 4.69. The van der Waals surface area contributed by atoms with Gasteiger partial charge in [-0.05, 0) is 67.3 Å². The lowest BCUT2D eigenvalue weighted by atomic mass is 9.98. The number of benzene rings is 2. The fraction of sp³-hybridized carbons (Fsp3) is 0.300. The molecule has 0 saturated carbocycles. The van der Waals surface area contributed by atoms with Crippen LogP contribution in [0.2, 0.25) is 0 Å². The Labute approximate surface area is 142 Å². The molecule has 1 amide bonds. The molecule has 0 bridgehead atoms. The molecule has 0 aliphatic heterocycles. The topological polar surface area (TPSA) is 55.4 Å². The second-order valence-electron chi connectivity index (χ2n) is 6.14. The summed E-state index contributed by atoms with van der Waals surface area (Å²) in [5.74, 6) is 0.895. The monoisotopic (exact) mass is 325 g/mol. The van der Waals surface area contributed by atoms with Crippen LogP contribution in [0.3, 0.4) is 0 Å². The van der Waals surface area contributed by atoms with Gasteiger partial charge in [-0.3, -0.25) is 9.59 Å². The van der Waals surface area contributed by atoms with Crippen LogP contribution in [-0.4, -0.2) is 18.3 Å². The third-order valence-corrected chi connectivity index (χ3v) is 3.81.